The predicted octanol–water partition coefficient (Wildman–Crippen LogP) is 2.07. The number of nitriles is 1. The molecule has 2 atom stereocenters. The lowest BCUT2D eigenvalue weighted by atomic mass is 9.80. The van der Waals surface area contributed by atoms with Crippen LogP contribution < -0.4 is 5.73 Å². The molecule has 0 aromatic carbocycles. The molecule has 0 aromatic heterocycles. The van der Waals surface area contributed by atoms with E-state index >= 15 is 0 Å². The first-order valence-corrected chi connectivity index (χ1v) is 4.19. The van der Waals surface area contributed by atoms with Crippen molar-refractivity contribution in [3.8, 4) is 6.07 Å². The Bertz CT molecular complexity index is 360. The zero-order chi connectivity index (χ0) is 11.5. The zero-order valence-electron chi connectivity index (χ0n) is 7.70. The molecular formula is C10H9F3N2. The van der Waals surface area contributed by atoms with Crippen LogP contribution in [-0.4, -0.2) is 11.7 Å². The Balaban J connectivity index is 3.05. The Kier molecular flexibility index (Phi) is 3.01. The van der Waals surface area contributed by atoms with Crippen molar-refractivity contribution in [2.75, 3.05) is 0 Å². The number of alkyl halides is 3. The lowest BCUT2D eigenvalue weighted by Gasteiger charge is -2.33. The molecule has 0 spiro atoms. The fourth-order valence-electron chi connectivity index (χ4n) is 1.40. The van der Waals surface area contributed by atoms with E-state index in [9.17, 15) is 13.2 Å². The van der Waals surface area contributed by atoms with Gasteiger partial charge in [0.05, 0.1) is 17.5 Å². The normalized spacial score (nSPS) is 30.7. The summed E-state index contributed by atoms with van der Waals surface area (Å²) in [6, 6.07) is 1.63. The third-order valence-electron chi connectivity index (χ3n) is 2.14. The molecule has 2 unspecified atom stereocenters. The summed E-state index contributed by atoms with van der Waals surface area (Å²) in [5.41, 5.74) is 3.92. The zero-order valence-corrected chi connectivity index (χ0v) is 7.70. The molecule has 0 saturated carbocycles. The van der Waals surface area contributed by atoms with Crippen LogP contribution in [0.3, 0.4) is 0 Å². The second kappa shape index (κ2) is 3.91. The van der Waals surface area contributed by atoms with Crippen LogP contribution in [0.25, 0.3) is 0 Å². The van der Waals surface area contributed by atoms with E-state index in [1.54, 1.807) is 6.07 Å². The molecule has 0 fully saturated rings. The van der Waals surface area contributed by atoms with Gasteiger partial charge in [-0.05, 0) is 6.08 Å². The van der Waals surface area contributed by atoms with Crippen LogP contribution in [0.2, 0.25) is 0 Å². The van der Waals surface area contributed by atoms with E-state index in [1.165, 1.54) is 18.2 Å². The van der Waals surface area contributed by atoms with Gasteiger partial charge in [0.15, 0.2) is 0 Å². The lowest BCUT2D eigenvalue weighted by molar-refractivity contribution is -0.169. The number of hydrogen-bond donors (Lipinski definition) is 1. The molecule has 0 radical (unpaired) electrons. The number of nitrogens with two attached hydrogens (primary N) is 1. The highest BCUT2D eigenvalue weighted by molar-refractivity contribution is 5.32. The minimum absolute atomic E-state index is 0.961. The molecule has 0 bridgehead atoms. The Morgan fingerprint density at radius 3 is 2.60 bits per heavy atom. The van der Waals surface area contributed by atoms with Crippen LogP contribution in [0.15, 0.2) is 36.5 Å². The quantitative estimate of drug-likeness (QED) is 0.679. The van der Waals surface area contributed by atoms with Gasteiger partial charge in [0.2, 0.25) is 0 Å². The lowest BCUT2D eigenvalue weighted by Crippen LogP contribution is -2.50. The predicted molar refractivity (Wildman–Crippen MR) is 49.5 cm³/mol. The van der Waals surface area contributed by atoms with Gasteiger partial charge in [0.25, 0.3) is 0 Å². The first-order valence-electron chi connectivity index (χ1n) is 4.19. The molecule has 2 N–H and O–H groups in total. The van der Waals surface area contributed by atoms with Crippen LogP contribution in [0.4, 0.5) is 13.2 Å². The van der Waals surface area contributed by atoms with E-state index in [4.69, 9.17) is 11.0 Å². The molecule has 0 aromatic rings. The summed E-state index contributed by atoms with van der Waals surface area (Å²) < 4.78 is 37.7. The Labute approximate surface area is 85.2 Å². The van der Waals surface area contributed by atoms with Crippen molar-refractivity contribution in [2.45, 2.75) is 11.7 Å². The number of nitrogens with zero attached hydrogens (tertiary/aromatic N) is 1. The van der Waals surface area contributed by atoms with Crippen molar-refractivity contribution in [1.29, 1.82) is 5.26 Å². The van der Waals surface area contributed by atoms with Gasteiger partial charge in [-0.1, -0.05) is 24.3 Å². The summed E-state index contributed by atoms with van der Waals surface area (Å²) in [7, 11) is 0. The van der Waals surface area contributed by atoms with Gasteiger partial charge in [-0.2, -0.15) is 18.4 Å². The van der Waals surface area contributed by atoms with Gasteiger partial charge >= 0.3 is 6.18 Å². The van der Waals surface area contributed by atoms with Crippen molar-refractivity contribution in [3.05, 3.63) is 36.5 Å². The molecule has 0 aliphatic heterocycles. The number of rotatable bonds is 1. The molecule has 0 heterocycles. The third kappa shape index (κ3) is 2.48. The average molecular weight is 214 g/mol. The van der Waals surface area contributed by atoms with Gasteiger partial charge in [-0.3, -0.25) is 0 Å². The fourth-order valence-corrected chi connectivity index (χ4v) is 1.40. The van der Waals surface area contributed by atoms with Crippen molar-refractivity contribution in [1.82, 2.24) is 0 Å². The number of halogens is 3. The molecule has 0 amide bonds. The van der Waals surface area contributed by atoms with Crippen LogP contribution >= 0.6 is 0 Å². The highest BCUT2D eigenvalue weighted by Gasteiger charge is 2.48. The Hall–Kier alpha value is -1.54. The van der Waals surface area contributed by atoms with E-state index in [1.807, 2.05) is 0 Å². The molecule has 1 rings (SSSR count). The summed E-state index contributed by atoms with van der Waals surface area (Å²) in [6.45, 7) is 0. The second-order valence-electron chi connectivity index (χ2n) is 3.23. The van der Waals surface area contributed by atoms with Crippen LogP contribution in [0, 0.1) is 17.2 Å². The molecule has 1 aliphatic rings. The second-order valence-corrected chi connectivity index (χ2v) is 3.23. The maximum Gasteiger partial charge on any atom is 0.397 e. The molecule has 0 saturated heterocycles. The maximum absolute atomic E-state index is 12.6. The molecule has 5 heteroatoms. The molecule has 15 heavy (non-hydrogen) atoms. The van der Waals surface area contributed by atoms with E-state index in [0.717, 1.165) is 18.2 Å². The van der Waals surface area contributed by atoms with Gasteiger partial charge in [0, 0.05) is 6.08 Å². The standard InChI is InChI=1S/C10H9F3N2/c11-10(12,13)8-4-1-2-5-9(8,15)6-3-7-14/h1-6,8H,15H2. The van der Waals surface area contributed by atoms with Crippen LogP contribution in [0.1, 0.15) is 0 Å². The van der Waals surface area contributed by atoms with Crippen LogP contribution in [-0.2, 0) is 0 Å². The molecular weight excluding hydrogens is 205 g/mol. The SMILES string of the molecule is N#CC=CC1(N)C=CC=CC1C(F)(F)F. The fraction of sp³-hybridized carbons (Fsp3) is 0.300. The van der Waals surface area contributed by atoms with Gasteiger partial charge < -0.3 is 5.73 Å². The van der Waals surface area contributed by atoms with Crippen molar-refractivity contribution >= 4 is 0 Å². The summed E-state index contributed by atoms with van der Waals surface area (Å²) in [5, 5.41) is 8.28. The smallest absolute Gasteiger partial charge is 0.318 e. The van der Waals surface area contributed by atoms with E-state index < -0.39 is 17.6 Å². The van der Waals surface area contributed by atoms with Crippen molar-refractivity contribution in [2.24, 2.45) is 11.7 Å². The first kappa shape index (κ1) is 11.5. The molecule has 1 aliphatic carbocycles. The first-order chi connectivity index (χ1) is 6.90. The van der Waals surface area contributed by atoms with Crippen molar-refractivity contribution in [3.63, 3.8) is 0 Å². The highest BCUT2D eigenvalue weighted by Crippen LogP contribution is 2.37. The summed E-state index contributed by atoms with van der Waals surface area (Å²) in [5.74, 6) is -1.79. The summed E-state index contributed by atoms with van der Waals surface area (Å²) >= 11 is 0. The van der Waals surface area contributed by atoms with Gasteiger partial charge in [-0.25, -0.2) is 0 Å². The topological polar surface area (TPSA) is 49.8 Å². The molecule has 2 nitrogen and oxygen atoms in total. The summed E-state index contributed by atoms with van der Waals surface area (Å²) in [4.78, 5) is 0. The third-order valence-corrected chi connectivity index (χ3v) is 2.14. The monoisotopic (exact) mass is 214 g/mol. The van der Waals surface area contributed by atoms with Gasteiger partial charge in [-0.15, -0.1) is 0 Å². The van der Waals surface area contributed by atoms with E-state index in [2.05, 4.69) is 0 Å². The van der Waals surface area contributed by atoms with E-state index in [-0.39, 0.29) is 0 Å². The number of allylic oxidation sites excluding steroid dienone is 3. The highest BCUT2D eigenvalue weighted by atomic mass is 19.4. The minimum atomic E-state index is -4.42. The van der Waals surface area contributed by atoms with Gasteiger partial charge in [0.1, 0.15) is 0 Å². The number of hydrogen-bond acceptors (Lipinski definition) is 2. The van der Waals surface area contributed by atoms with Crippen molar-refractivity contribution < 1.29 is 13.2 Å². The molecule has 80 valence electrons. The summed E-state index contributed by atoms with van der Waals surface area (Å²) in [6.07, 6.45) is 2.55. The van der Waals surface area contributed by atoms with E-state index in [0.29, 0.717) is 0 Å². The average Bonchev–Trinajstić information content (AvgIpc) is 2.14. The maximum atomic E-state index is 12.6. The Morgan fingerprint density at radius 2 is 2.07 bits per heavy atom. The van der Waals surface area contributed by atoms with Crippen LogP contribution in [0.5, 0.6) is 0 Å². The largest absolute Gasteiger partial charge is 0.397 e. The Morgan fingerprint density at radius 1 is 1.40 bits per heavy atom. The minimum Gasteiger partial charge on any atom is -0.318 e.